The first kappa shape index (κ1) is 56.6. The molecule has 30 atom stereocenters. The molecular weight excluding hydrogens is 950 g/mol. The number of hydrogen-bond acceptors (Lipinski definition) is 30. The van der Waals surface area contributed by atoms with Crippen LogP contribution >= 0.6 is 0 Å². The molecule has 0 aromatic heterocycles. The number of amides is 1. The van der Waals surface area contributed by atoms with Gasteiger partial charge in [-0.15, -0.1) is 0 Å². The van der Waals surface area contributed by atoms with Crippen LogP contribution in [-0.4, -0.2) is 315 Å². The highest BCUT2D eigenvalue weighted by Gasteiger charge is 2.58. The molecule has 6 aliphatic heterocycles. The van der Waals surface area contributed by atoms with Crippen LogP contribution in [0.5, 0.6) is 0 Å². The van der Waals surface area contributed by atoms with Gasteiger partial charge in [0.15, 0.2) is 37.7 Å². The van der Waals surface area contributed by atoms with Crippen molar-refractivity contribution in [2.75, 3.05) is 33.0 Å². The van der Waals surface area contributed by atoms with Crippen molar-refractivity contribution in [2.45, 2.75) is 198 Å². The van der Waals surface area contributed by atoms with Gasteiger partial charge in [0.05, 0.1) is 39.1 Å². The van der Waals surface area contributed by atoms with Gasteiger partial charge in [-0.1, -0.05) is 0 Å². The molecule has 6 rings (SSSR count). The van der Waals surface area contributed by atoms with Gasteiger partial charge < -0.3 is 149 Å². The molecule has 0 spiro atoms. The van der Waals surface area contributed by atoms with Crippen molar-refractivity contribution in [3.8, 4) is 0 Å². The summed E-state index contributed by atoms with van der Waals surface area (Å²) in [6.45, 7) is -2.41. The van der Waals surface area contributed by atoms with Gasteiger partial charge in [-0.3, -0.25) is 4.79 Å². The SMILES string of the molecule is CC(=O)N[C@@H]1[C@@H](O[C@@H]2O[C@@H](C)[C@@H](O)[C@@H](O)[C@@H]2O)[C@H](O[C@@H]2O[C@H](CO[C@H]3O[C@H](CO)[C@@H](O)[C@H](O)[C@@H]3O)[C@@H](O)[C@H](O[C@H]3O[C@H](CO)[C@@H](O)[C@H](O)[C@@H]3O[C@H]3O[C@H](CO)[C@@H](O)[C@H](O)[C@@H]3O)[C@@H]2O)[C@@H](CO)O[C@H]1O. The van der Waals surface area contributed by atoms with Crippen LogP contribution in [0.25, 0.3) is 0 Å². The van der Waals surface area contributed by atoms with E-state index in [2.05, 4.69) is 5.32 Å². The highest BCUT2D eigenvalue weighted by molar-refractivity contribution is 5.73. The summed E-state index contributed by atoms with van der Waals surface area (Å²) in [7, 11) is 0. The molecule has 69 heavy (non-hydrogen) atoms. The Bertz CT molecular complexity index is 1610. The molecule has 0 aromatic rings. The summed E-state index contributed by atoms with van der Waals surface area (Å²) in [6, 6.07) is -1.69. The highest BCUT2D eigenvalue weighted by Crippen LogP contribution is 2.37. The van der Waals surface area contributed by atoms with E-state index in [1.165, 1.54) is 6.92 Å². The van der Waals surface area contributed by atoms with Crippen molar-refractivity contribution in [2.24, 2.45) is 0 Å². The molecule has 0 bridgehead atoms. The lowest BCUT2D eigenvalue weighted by Crippen LogP contribution is -2.70. The van der Waals surface area contributed by atoms with E-state index in [1.807, 2.05) is 0 Å². The smallest absolute Gasteiger partial charge is 0.217 e. The van der Waals surface area contributed by atoms with E-state index in [0.29, 0.717) is 0 Å². The number of rotatable bonds is 16. The predicted octanol–water partition coefficient (Wildman–Crippen LogP) is -12.9. The Kier molecular flexibility index (Phi) is 19.8. The fourth-order valence-corrected chi connectivity index (χ4v) is 8.73. The molecule has 6 fully saturated rings. The standard InChI is InChI=1S/C38H65NO30/c1-8-16(45)21(50)26(55)35(60-8)67-30-15(39-9(2)44)33(58)61-13(6-43)29(30)66-37-28(57)31(20(49)14(65-37)7-59-34-25(54)22(51)17(46)10(3-40)62-34)68-38-32(24(53)19(48)12(5-42)64-38)69-36-27(56)23(52)18(47)11(4-41)63-36/h8,10-38,40-43,45-58H,3-7H2,1-2H3,(H,39,44)/t8-,10+,11+,12+,13+,14+,15+,16+,17+,18+,19+,20+,21+,22-,23-,24-,25-,26-,27-,28-,29+,30+,31-,32-,33+,34-,35-,36+,37-,38+/m0/s1. The minimum absolute atomic E-state index is 0.802. The number of aliphatic hydroxyl groups is 18. The van der Waals surface area contributed by atoms with E-state index >= 15 is 0 Å². The Morgan fingerprint density at radius 2 is 0.826 bits per heavy atom. The molecule has 0 saturated carbocycles. The van der Waals surface area contributed by atoms with Gasteiger partial charge >= 0.3 is 0 Å². The van der Waals surface area contributed by atoms with Gasteiger partial charge in [-0.05, 0) is 6.92 Å². The molecule has 1 amide bonds. The van der Waals surface area contributed by atoms with E-state index in [4.69, 9.17) is 52.1 Å². The molecule has 0 radical (unpaired) electrons. The first-order valence-electron chi connectivity index (χ1n) is 22.0. The molecule has 6 saturated heterocycles. The van der Waals surface area contributed by atoms with E-state index in [9.17, 15) is 96.7 Å². The molecule has 6 aliphatic rings. The Balaban J connectivity index is 1.35. The summed E-state index contributed by atoms with van der Waals surface area (Å²) >= 11 is 0. The third-order valence-corrected chi connectivity index (χ3v) is 12.8. The number of carbonyl (C=O) groups is 1. The van der Waals surface area contributed by atoms with Crippen molar-refractivity contribution < 1.29 is 149 Å². The van der Waals surface area contributed by atoms with Crippen molar-refractivity contribution in [1.29, 1.82) is 0 Å². The van der Waals surface area contributed by atoms with E-state index in [-0.39, 0.29) is 0 Å². The van der Waals surface area contributed by atoms with Crippen LogP contribution in [0.3, 0.4) is 0 Å². The minimum Gasteiger partial charge on any atom is -0.394 e. The molecular formula is C38H65NO30. The number of carbonyl (C=O) groups excluding carboxylic acids is 1. The lowest BCUT2D eigenvalue weighted by atomic mass is 9.94. The fourth-order valence-electron chi connectivity index (χ4n) is 8.73. The highest BCUT2D eigenvalue weighted by atomic mass is 16.8. The molecule has 0 aromatic carbocycles. The zero-order chi connectivity index (χ0) is 50.9. The van der Waals surface area contributed by atoms with Gasteiger partial charge in [0.25, 0.3) is 0 Å². The van der Waals surface area contributed by atoms with Gasteiger partial charge in [-0.2, -0.15) is 0 Å². The third-order valence-electron chi connectivity index (χ3n) is 12.8. The van der Waals surface area contributed by atoms with Crippen molar-refractivity contribution in [3.63, 3.8) is 0 Å². The lowest BCUT2D eigenvalue weighted by molar-refractivity contribution is -0.400. The maximum Gasteiger partial charge on any atom is 0.217 e. The van der Waals surface area contributed by atoms with Crippen molar-refractivity contribution >= 4 is 5.91 Å². The van der Waals surface area contributed by atoms with E-state index in [1.54, 1.807) is 0 Å². The molecule has 0 aliphatic carbocycles. The third kappa shape index (κ3) is 12.0. The van der Waals surface area contributed by atoms with Crippen LogP contribution in [0.15, 0.2) is 0 Å². The zero-order valence-electron chi connectivity index (χ0n) is 36.8. The van der Waals surface area contributed by atoms with E-state index in [0.717, 1.165) is 6.92 Å². The minimum atomic E-state index is -2.32. The monoisotopic (exact) mass is 1020 g/mol. The Morgan fingerprint density at radius 1 is 0.406 bits per heavy atom. The maximum absolute atomic E-state index is 12.4. The zero-order valence-corrected chi connectivity index (χ0v) is 36.8. The van der Waals surface area contributed by atoms with Crippen LogP contribution in [-0.2, 0) is 56.9 Å². The number of ether oxygens (including phenoxy) is 11. The van der Waals surface area contributed by atoms with Crippen LogP contribution in [0, 0.1) is 0 Å². The van der Waals surface area contributed by atoms with Crippen LogP contribution in [0.2, 0.25) is 0 Å². The molecule has 6 heterocycles. The summed E-state index contributed by atoms with van der Waals surface area (Å²) in [4.78, 5) is 12.4. The Labute approximate surface area is 390 Å². The van der Waals surface area contributed by atoms with Gasteiger partial charge in [-0.25, -0.2) is 0 Å². The van der Waals surface area contributed by atoms with E-state index < -0.39 is 223 Å². The molecule has 19 N–H and O–H groups in total. The second-order valence-electron chi connectivity index (χ2n) is 17.5. The molecule has 31 nitrogen and oxygen atoms in total. The van der Waals surface area contributed by atoms with Crippen molar-refractivity contribution in [3.05, 3.63) is 0 Å². The topological polar surface area (TPSA) is 495 Å². The van der Waals surface area contributed by atoms with Gasteiger partial charge in [0.1, 0.15) is 140 Å². The fraction of sp³-hybridized carbons (Fsp3) is 0.974. The number of aliphatic hydroxyl groups excluding tert-OH is 18. The molecule has 31 heteroatoms. The maximum atomic E-state index is 12.4. The normalized spacial score (nSPS) is 52.1. The average Bonchev–Trinajstić information content (AvgIpc) is 3.32. The Morgan fingerprint density at radius 3 is 1.38 bits per heavy atom. The second-order valence-corrected chi connectivity index (χ2v) is 17.5. The summed E-state index contributed by atoms with van der Waals surface area (Å²) in [6.07, 6.45) is -55.4. The summed E-state index contributed by atoms with van der Waals surface area (Å²) in [5.41, 5.74) is 0. The average molecular weight is 1020 g/mol. The largest absolute Gasteiger partial charge is 0.394 e. The molecule has 0 unspecified atom stereocenters. The molecule has 402 valence electrons. The van der Waals surface area contributed by atoms with Crippen LogP contribution in [0.4, 0.5) is 0 Å². The predicted molar refractivity (Wildman–Crippen MR) is 209 cm³/mol. The van der Waals surface area contributed by atoms with Crippen LogP contribution < -0.4 is 5.32 Å². The summed E-state index contributed by atoms with van der Waals surface area (Å²) in [5.74, 6) is -0.802. The quantitative estimate of drug-likeness (QED) is 0.0682. The first-order chi connectivity index (χ1) is 32.6. The number of hydrogen-bond donors (Lipinski definition) is 19. The first-order valence-corrected chi connectivity index (χ1v) is 22.0. The van der Waals surface area contributed by atoms with Crippen LogP contribution in [0.1, 0.15) is 13.8 Å². The summed E-state index contributed by atoms with van der Waals surface area (Å²) in [5, 5.41) is 194. The van der Waals surface area contributed by atoms with Gasteiger partial charge in [0, 0.05) is 6.92 Å². The van der Waals surface area contributed by atoms with Gasteiger partial charge in [0.2, 0.25) is 5.91 Å². The second kappa shape index (κ2) is 24.1. The summed E-state index contributed by atoms with van der Waals surface area (Å²) < 4.78 is 63.1. The van der Waals surface area contributed by atoms with Crippen molar-refractivity contribution in [1.82, 2.24) is 5.32 Å². The Hall–Kier alpha value is -1.69. The lowest BCUT2D eigenvalue weighted by Gasteiger charge is -2.51. The number of nitrogens with one attached hydrogen (secondary N) is 1.